The molecule has 0 saturated carbocycles. The zero-order valence-corrected chi connectivity index (χ0v) is 19.3. The Balaban J connectivity index is 0.00000364. The maximum atomic E-state index is 5.88. The summed E-state index contributed by atoms with van der Waals surface area (Å²) in [7, 11) is 0. The number of halogens is 1. The zero-order chi connectivity index (χ0) is 18.6. The predicted octanol–water partition coefficient (Wildman–Crippen LogP) is 1.59. The van der Waals surface area contributed by atoms with E-state index in [1.165, 1.54) is 0 Å². The number of aryl methyl sites for hydroxylation is 1. The highest BCUT2D eigenvalue weighted by atomic mass is 127. The molecule has 2 N–H and O–H groups in total. The van der Waals surface area contributed by atoms with E-state index in [1.54, 1.807) is 12.7 Å². The van der Waals surface area contributed by atoms with Crippen LogP contribution in [0.15, 0.2) is 17.6 Å². The van der Waals surface area contributed by atoms with Gasteiger partial charge < -0.3 is 19.9 Å². The SMILES string of the molecule is CCNC(=NCC1CN(CC(C)C)CCO1)NCCCCn1cnnc1.I. The van der Waals surface area contributed by atoms with Crippen molar-refractivity contribution in [2.24, 2.45) is 10.9 Å². The van der Waals surface area contributed by atoms with Crippen molar-refractivity contribution in [3.8, 4) is 0 Å². The molecule has 1 aliphatic heterocycles. The molecule has 2 rings (SSSR count). The predicted molar refractivity (Wildman–Crippen MR) is 120 cm³/mol. The minimum atomic E-state index is 0. The van der Waals surface area contributed by atoms with E-state index in [0.717, 1.165) is 64.7 Å². The largest absolute Gasteiger partial charge is 0.374 e. The number of morpholine rings is 1. The second-order valence-electron chi connectivity index (χ2n) is 7.20. The van der Waals surface area contributed by atoms with Gasteiger partial charge in [-0.1, -0.05) is 13.8 Å². The lowest BCUT2D eigenvalue weighted by molar-refractivity contribution is -0.0261. The van der Waals surface area contributed by atoms with Crippen molar-refractivity contribution in [2.45, 2.75) is 46.3 Å². The third kappa shape index (κ3) is 10.2. The number of unbranched alkanes of at least 4 members (excludes halogenated alkanes) is 1. The van der Waals surface area contributed by atoms with Gasteiger partial charge in [0.05, 0.1) is 19.3 Å². The van der Waals surface area contributed by atoms with E-state index in [1.807, 2.05) is 4.57 Å². The molecule has 1 atom stereocenters. The van der Waals surface area contributed by atoms with E-state index in [-0.39, 0.29) is 30.1 Å². The molecular weight excluding hydrogens is 457 g/mol. The lowest BCUT2D eigenvalue weighted by Gasteiger charge is -2.33. The minimum absolute atomic E-state index is 0. The van der Waals surface area contributed by atoms with Gasteiger partial charge in [0.15, 0.2) is 5.96 Å². The van der Waals surface area contributed by atoms with Crippen molar-refractivity contribution in [3.05, 3.63) is 12.7 Å². The Kier molecular flexibility index (Phi) is 12.6. The third-order valence-corrected chi connectivity index (χ3v) is 4.25. The molecule has 0 aromatic carbocycles. The summed E-state index contributed by atoms with van der Waals surface area (Å²) in [4.78, 5) is 7.20. The van der Waals surface area contributed by atoms with Crippen LogP contribution in [-0.2, 0) is 11.3 Å². The van der Waals surface area contributed by atoms with Crippen molar-refractivity contribution in [1.29, 1.82) is 0 Å². The fourth-order valence-corrected chi connectivity index (χ4v) is 3.07. The van der Waals surface area contributed by atoms with E-state index in [2.05, 4.69) is 46.5 Å². The van der Waals surface area contributed by atoms with Crippen LogP contribution in [0, 0.1) is 5.92 Å². The molecule has 1 aromatic heterocycles. The summed E-state index contributed by atoms with van der Waals surface area (Å²) in [5.74, 6) is 1.57. The van der Waals surface area contributed by atoms with Crippen molar-refractivity contribution in [2.75, 3.05) is 45.9 Å². The van der Waals surface area contributed by atoms with Crippen LogP contribution >= 0.6 is 24.0 Å². The van der Waals surface area contributed by atoms with Crippen LogP contribution in [0.3, 0.4) is 0 Å². The number of hydrogen-bond donors (Lipinski definition) is 2. The number of rotatable bonds is 10. The Morgan fingerprint density at radius 3 is 2.74 bits per heavy atom. The van der Waals surface area contributed by atoms with Gasteiger partial charge in [0.2, 0.25) is 0 Å². The van der Waals surface area contributed by atoms with Gasteiger partial charge >= 0.3 is 0 Å². The van der Waals surface area contributed by atoms with Crippen LogP contribution in [0.5, 0.6) is 0 Å². The van der Waals surface area contributed by atoms with Crippen LogP contribution in [0.1, 0.15) is 33.6 Å². The highest BCUT2D eigenvalue weighted by molar-refractivity contribution is 14.0. The molecule has 8 nitrogen and oxygen atoms in total. The second kappa shape index (κ2) is 14.1. The van der Waals surface area contributed by atoms with Gasteiger partial charge in [0.1, 0.15) is 12.7 Å². The molecule has 1 unspecified atom stereocenters. The molecule has 156 valence electrons. The fraction of sp³-hybridized carbons (Fsp3) is 0.833. The number of ether oxygens (including phenoxy) is 1. The third-order valence-electron chi connectivity index (χ3n) is 4.25. The lowest BCUT2D eigenvalue weighted by atomic mass is 10.2. The van der Waals surface area contributed by atoms with Crippen molar-refractivity contribution in [1.82, 2.24) is 30.3 Å². The maximum Gasteiger partial charge on any atom is 0.191 e. The first kappa shape index (κ1) is 24.1. The van der Waals surface area contributed by atoms with E-state index in [9.17, 15) is 0 Å². The summed E-state index contributed by atoms with van der Waals surface area (Å²) >= 11 is 0. The molecular formula is C18H36IN7O. The quantitative estimate of drug-likeness (QED) is 0.223. The van der Waals surface area contributed by atoms with E-state index >= 15 is 0 Å². The Morgan fingerprint density at radius 2 is 2.04 bits per heavy atom. The smallest absolute Gasteiger partial charge is 0.191 e. The van der Waals surface area contributed by atoms with Crippen LogP contribution in [0.4, 0.5) is 0 Å². The van der Waals surface area contributed by atoms with Crippen molar-refractivity contribution in [3.63, 3.8) is 0 Å². The van der Waals surface area contributed by atoms with E-state index in [0.29, 0.717) is 12.5 Å². The van der Waals surface area contributed by atoms with Gasteiger partial charge in [-0.3, -0.25) is 9.89 Å². The fourth-order valence-electron chi connectivity index (χ4n) is 3.07. The van der Waals surface area contributed by atoms with Crippen LogP contribution in [0.25, 0.3) is 0 Å². The highest BCUT2D eigenvalue weighted by Gasteiger charge is 2.20. The number of nitrogens with one attached hydrogen (secondary N) is 2. The lowest BCUT2D eigenvalue weighted by Crippen LogP contribution is -2.46. The topological polar surface area (TPSA) is 79.6 Å². The summed E-state index contributed by atoms with van der Waals surface area (Å²) in [5.41, 5.74) is 0. The van der Waals surface area contributed by atoms with Gasteiger partial charge in [0, 0.05) is 39.3 Å². The molecule has 1 fully saturated rings. The molecule has 0 aliphatic carbocycles. The van der Waals surface area contributed by atoms with Gasteiger partial charge in [0.25, 0.3) is 0 Å². The van der Waals surface area contributed by atoms with Gasteiger partial charge in [-0.05, 0) is 25.7 Å². The molecule has 0 spiro atoms. The molecule has 9 heteroatoms. The van der Waals surface area contributed by atoms with Crippen LogP contribution in [-0.4, -0.2) is 77.6 Å². The Hall–Kier alpha value is -0.940. The van der Waals surface area contributed by atoms with Crippen molar-refractivity contribution >= 4 is 29.9 Å². The number of aliphatic imine (C=N–C) groups is 1. The zero-order valence-electron chi connectivity index (χ0n) is 16.9. The normalized spacial score (nSPS) is 18.4. The molecule has 1 aliphatic rings. The standard InChI is InChI=1S/C18H35N7O.HI/c1-4-19-18(20-7-5-6-8-25-14-22-23-15-25)21-11-17-13-24(9-10-26-17)12-16(2)3;/h14-17H,4-13H2,1-3H3,(H2,19,20,21);1H. The maximum absolute atomic E-state index is 5.88. The molecule has 0 bridgehead atoms. The minimum Gasteiger partial charge on any atom is -0.374 e. The number of aromatic nitrogens is 3. The second-order valence-corrected chi connectivity index (χ2v) is 7.20. The first-order valence-electron chi connectivity index (χ1n) is 9.86. The van der Waals surface area contributed by atoms with E-state index in [4.69, 9.17) is 9.73 Å². The summed E-state index contributed by atoms with van der Waals surface area (Å²) in [6.07, 6.45) is 5.86. The molecule has 27 heavy (non-hydrogen) atoms. The molecule has 2 heterocycles. The summed E-state index contributed by atoms with van der Waals surface area (Å²) < 4.78 is 7.89. The highest BCUT2D eigenvalue weighted by Crippen LogP contribution is 2.08. The summed E-state index contributed by atoms with van der Waals surface area (Å²) in [5, 5.41) is 14.4. The van der Waals surface area contributed by atoms with Gasteiger partial charge in [-0.25, -0.2) is 0 Å². The monoisotopic (exact) mass is 493 g/mol. The molecule has 0 radical (unpaired) electrons. The number of hydrogen-bond acceptors (Lipinski definition) is 5. The summed E-state index contributed by atoms with van der Waals surface area (Å²) in [6, 6.07) is 0. The summed E-state index contributed by atoms with van der Waals surface area (Å²) in [6.45, 7) is 14.0. The molecule has 1 saturated heterocycles. The Morgan fingerprint density at radius 1 is 1.26 bits per heavy atom. The van der Waals surface area contributed by atoms with Gasteiger partial charge in [-0.2, -0.15) is 0 Å². The number of guanidine groups is 1. The average molecular weight is 493 g/mol. The molecule has 0 amide bonds. The molecule has 1 aromatic rings. The number of nitrogens with zero attached hydrogens (tertiary/aromatic N) is 5. The van der Waals surface area contributed by atoms with Crippen LogP contribution in [0.2, 0.25) is 0 Å². The first-order chi connectivity index (χ1) is 12.7. The van der Waals surface area contributed by atoms with Crippen LogP contribution < -0.4 is 10.6 Å². The Labute approximate surface area is 180 Å². The first-order valence-corrected chi connectivity index (χ1v) is 9.86. The Bertz CT molecular complexity index is 510. The average Bonchev–Trinajstić information content (AvgIpc) is 3.12. The van der Waals surface area contributed by atoms with E-state index < -0.39 is 0 Å². The van der Waals surface area contributed by atoms with Crippen molar-refractivity contribution < 1.29 is 4.74 Å². The van der Waals surface area contributed by atoms with Gasteiger partial charge in [-0.15, -0.1) is 34.2 Å².